The number of ether oxygens (including phenoxy) is 1. The lowest BCUT2D eigenvalue weighted by molar-refractivity contribution is 0.102. The molecule has 0 unspecified atom stereocenters. The number of nitrogens with one attached hydrogen (secondary N) is 2. The van der Waals surface area contributed by atoms with Crippen LogP contribution in [0.2, 0.25) is 0 Å². The van der Waals surface area contributed by atoms with Gasteiger partial charge >= 0.3 is 0 Å². The predicted octanol–water partition coefficient (Wildman–Crippen LogP) is 2.56. The highest BCUT2D eigenvalue weighted by Crippen LogP contribution is 2.16. The molecule has 0 radical (unpaired) electrons. The molecule has 1 aromatic heterocycles. The Balaban J connectivity index is 1.98. The number of nitrogens with zero attached hydrogens (tertiary/aromatic N) is 2. The van der Waals surface area contributed by atoms with Crippen molar-refractivity contribution in [1.29, 1.82) is 0 Å². The number of benzene rings is 1. The molecule has 0 saturated heterocycles. The van der Waals surface area contributed by atoms with Crippen molar-refractivity contribution < 1.29 is 9.53 Å². The summed E-state index contributed by atoms with van der Waals surface area (Å²) in [6.45, 7) is 2.73. The van der Waals surface area contributed by atoms with Gasteiger partial charge in [0.2, 0.25) is 0 Å². The van der Waals surface area contributed by atoms with E-state index in [1.807, 2.05) is 12.1 Å². The van der Waals surface area contributed by atoms with Crippen molar-refractivity contribution in [1.82, 2.24) is 10.2 Å². The molecule has 0 bridgehead atoms. The Bertz CT molecular complexity index is 582. The first-order valence-electron chi connectivity index (χ1n) is 6.78. The molecule has 0 aliphatic heterocycles. The number of carbonyl (C=O) groups is 1. The van der Waals surface area contributed by atoms with Gasteiger partial charge in [-0.2, -0.15) is 0 Å². The fourth-order valence-corrected chi connectivity index (χ4v) is 1.64. The quantitative estimate of drug-likeness (QED) is 0.853. The summed E-state index contributed by atoms with van der Waals surface area (Å²) in [7, 11) is 1.74. The van der Waals surface area contributed by atoms with Crippen LogP contribution in [0.4, 0.5) is 11.5 Å². The van der Waals surface area contributed by atoms with Crippen LogP contribution < -0.4 is 15.4 Å². The molecule has 0 spiro atoms. The van der Waals surface area contributed by atoms with Crippen molar-refractivity contribution in [3.05, 3.63) is 42.1 Å². The van der Waals surface area contributed by atoms with E-state index in [9.17, 15) is 4.79 Å². The molecule has 0 atom stereocenters. The third kappa shape index (κ3) is 4.17. The highest BCUT2D eigenvalue weighted by atomic mass is 16.5. The molecule has 1 heterocycles. The molecule has 1 amide bonds. The lowest BCUT2D eigenvalue weighted by Gasteiger charge is -2.07. The van der Waals surface area contributed by atoms with Gasteiger partial charge in [0.25, 0.3) is 5.91 Å². The van der Waals surface area contributed by atoms with Gasteiger partial charge < -0.3 is 15.4 Å². The van der Waals surface area contributed by atoms with Gasteiger partial charge in [-0.15, -0.1) is 10.2 Å². The van der Waals surface area contributed by atoms with E-state index in [4.69, 9.17) is 4.74 Å². The van der Waals surface area contributed by atoms with Crippen LogP contribution >= 0.6 is 0 Å². The Hall–Kier alpha value is -2.63. The lowest BCUT2D eigenvalue weighted by Crippen LogP contribution is -2.14. The summed E-state index contributed by atoms with van der Waals surface area (Å²) < 4.78 is 5.48. The normalized spacial score (nSPS) is 10.0. The molecule has 0 fully saturated rings. The first-order valence-corrected chi connectivity index (χ1v) is 6.78. The van der Waals surface area contributed by atoms with E-state index in [-0.39, 0.29) is 11.6 Å². The van der Waals surface area contributed by atoms with Crippen LogP contribution in [0.1, 0.15) is 23.8 Å². The number of rotatable bonds is 6. The van der Waals surface area contributed by atoms with Crippen LogP contribution in [0.25, 0.3) is 0 Å². The number of hydrogen-bond acceptors (Lipinski definition) is 5. The number of hydrogen-bond donors (Lipinski definition) is 2. The molecule has 2 N–H and O–H groups in total. The van der Waals surface area contributed by atoms with Gasteiger partial charge in [0, 0.05) is 12.7 Å². The first-order chi connectivity index (χ1) is 10.2. The maximum atomic E-state index is 12.0. The zero-order valence-electron chi connectivity index (χ0n) is 12.1. The Morgan fingerprint density at radius 1 is 1.14 bits per heavy atom. The minimum atomic E-state index is -0.299. The predicted molar refractivity (Wildman–Crippen MR) is 81.8 cm³/mol. The van der Waals surface area contributed by atoms with Gasteiger partial charge in [0.15, 0.2) is 5.69 Å². The maximum Gasteiger partial charge on any atom is 0.276 e. The lowest BCUT2D eigenvalue weighted by atomic mass is 10.3. The van der Waals surface area contributed by atoms with Crippen LogP contribution in [0, 0.1) is 0 Å². The number of aromatic nitrogens is 2. The Kier molecular flexibility index (Phi) is 5.09. The van der Waals surface area contributed by atoms with Crippen LogP contribution in [0.15, 0.2) is 36.4 Å². The molecule has 2 rings (SSSR count). The average Bonchev–Trinajstić information content (AvgIpc) is 2.54. The molecule has 1 aromatic carbocycles. The van der Waals surface area contributed by atoms with Crippen molar-refractivity contribution in [3.8, 4) is 5.75 Å². The smallest absolute Gasteiger partial charge is 0.276 e. The van der Waals surface area contributed by atoms with Crippen LogP contribution in [0.5, 0.6) is 5.75 Å². The molecule has 0 aliphatic rings. The molecular weight excluding hydrogens is 268 g/mol. The van der Waals surface area contributed by atoms with Gasteiger partial charge in [-0.05, 0) is 42.8 Å². The maximum absolute atomic E-state index is 12.0. The summed E-state index contributed by atoms with van der Waals surface area (Å²) in [6.07, 6.45) is 0.958. The van der Waals surface area contributed by atoms with Crippen molar-refractivity contribution in [2.45, 2.75) is 13.3 Å². The SMILES string of the molecule is CCCOc1ccc(NC(=O)c2ccc(NC)nn2)cc1. The highest BCUT2D eigenvalue weighted by Gasteiger charge is 2.08. The van der Waals surface area contributed by atoms with Gasteiger partial charge in [-0.1, -0.05) is 6.92 Å². The second-order valence-corrected chi connectivity index (χ2v) is 4.38. The fraction of sp³-hybridized carbons (Fsp3) is 0.267. The van der Waals surface area contributed by atoms with E-state index in [0.29, 0.717) is 18.1 Å². The van der Waals surface area contributed by atoms with E-state index >= 15 is 0 Å². The molecule has 21 heavy (non-hydrogen) atoms. The standard InChI is InChI=1S/C15H18N4O2/c1-3-10-21-12-6-4-11(5-7-12)17-15(20)13-8-9-14(16-2)19-18-13/h4-9H,3,10H2,1-2H3,(H,16,19)(H,17,20). The van der Waals surface area contributed by atoms with E-state index in [1.165, 1.54) is 0 Å². The van der Waals surface area contributed by atoms with Gasteiger partial charge in [0.1, 0.15) is 11.6 Å². The highest BCUT2D eigenvalue weighted by molar-refractivity contribution is 6.02. The molecule has 2 aromatic rings. The molecule has 0 saturated carbocycles. The van der Waals surface area contributed by atoms with Crippen molar-refractivity contribution >= 4 is 17.4 Å². The topological polar surface area (TPSA) is 76.1 Å². The molecule has 6 nitrogen and oxygen atoms in total. The van der Waals surface area contributed by atoms with Gasteiger partial charge in [0.05, 0.1) is 6.61 Å². The Morgan fingerprint density at radius 2 is 1.90 bits per heavy atom. The van der Waals surface area contributed by atoms with Gasteiger partial charge in [-0.3, -0.25) is 4.79 Å². The van der Waals surface area contributed by atoms with Gasteiger partial charge in [-0.25, -0.2) is 0 Å². The second kappa shape index (κ2) is 7.23. The third-order valence-electron chi connectivity index (χ3n) is 2.74. The molecule has 6 heteroatoms. The monoisotopic (exact) mass is 286 g/mol. The summed E-state index contributed by atoms with van der Waals surface area (Å²) >= 11 is 0. The van der Waals surface area contributed by atoms with Crippen LogP contribution in [-0.2, 0) is 0 Å². The van der Waals surface area contributed by atoms with E-state index in [0.717, 1.165) is 12.2 Å². The van der Waals surface area contributed by atoms with Crippen LogP contribution in [-0.4, -0.2) is 29.8 Å². The zero-order valence-corrected chi connectivity index (χ0v) is 12.1. The van der Waals surface area contributed by atoms with Crippen molar-refractivity contribution in [3.63, 3.8) is 0 Å². The number of carbonyl (C=O) groups excluding carboxylic acids is 1. The fourth-order valence-electron chi connectivity index (χ4n) is 1.64. The summed E-state index contributed by atoms with van der Waals surface area (Å²) in [5.41, 5.74) is 0.948. The van der Waals surface area contributed by atoms with Crippen LogP contribution in [0.3, 0.4) is 0 Å². The van der Waals surface area contributed by atoms with E-state index in [2.05, 4.69) is 27.8 Å². The minimum absolute atomic E-state index is 0.264. The third-order valence-corrected chi connectivity index (χ3v) is 2.74. The summed E-state index contributed by atoms with van der Waals surface area (Å²) in [5.74, 6) is 1.10. The largest absolute Gasteiger partial charge is 0.494 e. The summed E-state index contributed by atoms with van der Waals surface area (Å²) in [5, 5.41) is 13.3. The molecular formula is C15H18N4O2. The zero-order chi connectivity index (χ0) is 15.1. The summed E-state index contributed by atoms with van der Waals surface area (Å²) in [6, 6.07) is 10.5. The van der Waals surface area contributed by atoms with E-state index in [1.54, 1.807) is 31.3 Å². The first kappa shape index (κ1) is 14.8. The average molecular weight is 286 g/mol. The number of amides is 1. The minimum Gasteiger partial charge on any atom is -0.494 e. The molecule has 110 valence electrons. The van der Waals surface area contributed by atoms with Crippen molar-refractivity contribution in [2.24, 2.45) is 0 Å². The Labute approximate surface area is 123 Å². The second-order valence-electron chi connectivity index (χ2n) is 4.38. The molecule has 0 aliphatic carbocycles. The summed E-state index contributed by atoms with van der Waals surface area (Å²) in [4.78, 5) is 12.0. The number of anilines is 2. The van der Waals surface area contributed by atoms with E-state index < -0.39 is 0 Å². The Morgan fingerprint density at radius 3 is 2.48 bits per heavy atom. The van der Waals surface area contributed by atoms with Crippen molar-refractivity contribution in [2.75, 3.05) is 24.3 Å².